The summed E-state index contributed by atoms with van der Waals surface area (Å²) in [5.41, 5.74) is 5.68. The SMILES string of the molecule is CC1OCCC1(C)NS(=O)(=O)c1ccc(CN)cc1Cl. The molecule has 5 nitrogen and oxygen atoms in total. The van der Waals surface area contributed by atoms with Gasteiger partial charge in [-0.2, -0.15) is 0 Å². The molecule has 1 aliphatic rings. The van der Waals surface area contributed by atoms with Crippen molar-refractivity contribution >= 4 is 21.6 Å². The predicted octanol–water partition coefficient (Wildman–Crippen LogP) is 1.64. The molecule has 1 fully saturated rings. The van der Waals surface area contributed by atoms with Gasteiger partial charge in [0, 0.05) is 13.2 Å². The Bertz CT molecular complexity index is 606. The second kappa shape index (κ2) is 5.61. The maximum Gasteiger partial charge on any atom is 0.242 e. The van der Waals surface area contributed by atoms with Crippen LogP contribution >= 0.6 is 11.6 Å². The topological polar surface area (TPSA) is 81.4 Å². The summed E-state index contributed by atoms with van der Waals surface area (Å²) in [6.07, 6.45) is 0.450. The number of nitrogens with two attached hydrogens (primary N) is 1. The molecule has 0 aliphatic carbocycles. The Morgan fingerprint density at radius 2 is 2.25 bits per heavy atom. The zero-order valence-corrected chi connectivity index (χ0v) is 13.1. The van der Waals surface area contributed by atoms with Crippen LogP contribution in [-0.2, 0) is 21.3 Å². The quantitative estimate of drug-likeness (QED) is 0.884. The van der Waals surface area contributed by atoms with Crippen LogP contribution in [0.4, 0.5) is 0 Å². The van der Waals surface area contributed by atoms with Gasteiger partial charge in [0.1, 0.15) is 4.90 Å². The number of sulfonamides is 1. The molecule has 0 saturated carbocycles. The third-order valence-electron chi connectivity index (χ3n) is 3.78. The molecule has 1 heterocycles. The molecule has 1 aromatic carbocycles. The fourth-order valence-corrected chi connectivity index (χ4v) is 4.28. The molecule has 2 unspecified atom stereocenters. The van der Waals surface area contributed by atoms with Crippen molar-refractivity contribution in [3.05, 3.63) is 28.8 Å². The lowest BCUT2D eigenvalue weighted by Crippen LogP contribution is -2.50. The van der Waals surface area contributed by atoms with Crippen molar-refractivity contribution in [2.45, 2.75) is 43.4 Å². The first-order chi connectivity index (χ1) is 9.28. The summed E-state index contributed by atoms with van der Waals surface area (Å²) in [4.78, 5) is 0.0664. The van der Waals surface area contributed by atoms with Crippen LogP contribution in [0.25, 0.3) is 0 Å². The Balaban J connectivity index is 2.31. The van der Waals surface area contributed by atoms with E-state index in [2.05, 4.69) is 4.72 Å². The molecule has 2 rings (SSSR count). The minimum Gasteiger partial charge on any atom is -0.376 e. The number of halogens is 1. The first kappa shape index (κ1) is 15.7. The molecular weight excluding hydrogens is 300 g/mol. The molecule has 0 spiro atoms. The van der Waals surface area contributed by atoms with Gasteiger partial charge in [-0.3, -0.25) is 0 Å². The van der Waals surface area contributed by atoms with Gasteiger partial charge in [0.15, 0.2) is 0 Å². The van der Waals surface area contributed by atoms with Crippen molar-refractivity contribution in [1.82, 2.24) is 4.72 Å². The van der Waals surface area contributed by atoms with Gasteiger partial charge in [-0.25, -0.2) is 13.1 Å². The van der Waals surface area contributed by atoms with E-state index in [9.17, 15) is 8.42 Å². The maximum absolute atomic E-state index is 12.5. The molecule has 0 radical (unpaired) electrons. The van der Waals surface area contributed by atoms with Gasteiger partial charge in [-0.1, -0.05) is 17.7 Å². The Labute approximate surface area is 124 Å². The summed E-state index contributed by atoms with van der Waals surface area (Å²) >= 11 is 6.05. The van der Waals surface area contributed by atoms with E-state index in [0.29, 0.717) is 19.6 Å². The molecule has 3 N–H and O–H groups in total. The van der Waals surface area contributed by atoms with Crippen LogP contribution in [-0.4, -0.2) is 26.7 Å². The summed E-state index contributed by atoms with van der Waals surface area (Å²) in [6, 6.07) is 4.72. The van der Waals surface area contributed by atoms with Crippen LogP contribution in [0.5, 0.6) is 0 Å². The second-order valence-electron chi connectivity index (χ2n) is 5.25. The van der Waals surface area contributed by atoms with Crippen molar-refractivity contribution in [2.24, 2.45) is 5.73 Å². The molecule has 0 aromatic heterocycles. The normalized spacial score (nSPS) is 26.9. The van der Waals surface area contributed by atoms with E-state index in [4.69, 9.17) is 22.1 Å². The smallest absolute Gasteiger partial charge is 0.242 e. The molecule has 112 valence electrons. The van der Waals surface area contributed by atoms with E-state index in [1.807, 2.05) is 13.8 Å². The van der Waals surface area contributed by atoms with E-state index >= 15 is 0 Å². The molecule has 1 aromatic rings. The van der Waals surface area contributed by atoms with Crippen molar-refractivity contribution in [2.75, 3.05) is 6.61 Å². The highest BCUT2D eigenvalue weighted by molar-refractivity contribution is 7.89. The van der Waals surface area contributed by atoms with E-state index in [1.165, 1.54) is 6.07 Å². The van der Waals surface area contributed by atoms with Gasteiger partial charge in [0.25, 0.3) is 0 Å². The molecule has 0 amide bonds. The van der Waals surface area contributed by atoms with Crippen LogP contribution < -0.4 is 10.5 Å². The predicted molar refractivity (Wildman–Crippen MR) is 78.1 cm³/mol. The highest BCUT2D eigenvalue weighted by atomic mass is 35.5. The fourth-order valence-electron chi connectivity index (χ4n) is 2.22. The monoisotopic (exact) mass is 318 g/mol. The van der Waals surface area contributed by atoms with Gasteiger partial charge in [-0.15, -0.1) is 0 Å². The van der Waals surface area contributed by atoms with E-state index in [1.54, 1.807) is 12.1 Å². The molecule has 2 atom stereocenters. The Morgan fingerprint density at radius 3 is 2.75 bits per heavy atom. The van der Waals surface area contributed by atoms with Gasteiger partial charge in [-0.05, 0) is 38.0 Å². The zero-order chi connectivity index (χ0) is 15.0. The minimum atomic E-state index is -3.69. The highest BCUT2D eigenvalue weighted by Gasteiger charge is 2.41. The second-order valence-corrected chi connectivity index (χ2v) is 7.31. The number of hydrogen-bond donors (Lipinski definition) is 2. The zero-order valence-electron chi connectivity index (χ0n) is 11.5. The third-order valence-corrected chi connectivity index (χ3v) is 5.87. The molecular formula is C13H19ClN2O3S. The Kier molecular flexibility index (Phi) is 4.41. The summed E-state index contributed by atoms with van der Waals surface area (Å²) in [6.45, 7) is 4.55. The number of hydrogen-bond acceptors (Lipinski definition) is 4. The fraction of sp³-hybridized carbons (Fsp3) is 0.538. The lowest BCUT2D eigenvalue weighted by atomic mass is 9.97. The number of ether oxygens (including phenoxy) is 1. The van der Waals surface area contributed by atoms with Gasteiger partial charge in [0.2, 0.25) is 10.0 Å². The first-order valence-corrected chi connectivity index (χ1v) is 8.29. The average Bonchev–Trinajstić information content (AvgIpc) is 2.67. The standard InChI is InChI=1S/C13H19ClN2O3S/c1-9-13(2,5-6-19-9)16-20(17,18)12-4-3-10(8-15)7-11(12)14/h3-4,7,9,16H,5-6,8,15H2,1-2H3. The molecule has 0 bridgehead atoms. The molecule has 20 heavy (non-hydrogen) atoms. The van der Waals surface area contributed by atoms with Crippen LogP contribution in [0.1, 0.15) is 25.8 Å². The van der Waals surface area contributed by atoms with Crippen LogP contribution in [0.2, 0.25) is 5.02 Å². The largest absolute Gasteiger partial charge is 0.376 e. The average molecular weight is 319 g/mol. The van der Waals surface area contributed by atoms with Gasteiger partial charge in [0.05, 0.1) is 16.7 Å². The third kappa shape index (κ3) is 2.99. The van der Waals surface area contributed by atoms with Crippen LogP contribution in [0.3, 0.4) is 0 Å². The lowest BCUT2D eigenvalue weighted by Gasteiger charge is -2.28. The number of rotatable bonds is 4. The van der Waals surface area contributed by atoms with E-state index in [-0.39, 0.29) is 16.0 Å². The first-order valence-electron chi connectivity index (χ1n) is 6.42. The van der Waals surface area contributed by atoms with Crippen LogP contribution in [0.15, 0.2) is 23.1 Å². The maximum atomic E-state index is 12.5. The number of nitrogens with one attached hydrogen (secondary N) is 1. The van der Waals surface area contributed by atoms with Crippen molar-refractivity contribution in [3.8, 4) is 0 Å². The van der Waals surface area contributed by atoms with Crippen molar-refractivity contribution in [3.63, 3.8) is 0 Å². The minimum absolute atomic E-state index is 0.0664. The summed E-state index contributed by atoms with van der Waals surface area (Å²) in [5, 5.41) is 0.176. The molecule has 7 heteroatoms. The van der Waals surface area contributed by atoms with Crippen molar-refractivity contribution in [1.29, 1.82) is 0 Å². The van der Waals surface area contributed by atoms with E-state index in [0.717, 1.165) is 5.56 Å². The summed E-state index contributed by atoms with van der Waals surface area (Å²) < 4.78 is 33.1. The van der Waals surface area contributed by atoms with E-state index < -0.39 is 15.6 Å². The van der Waals surface area contributed by atoms with Crippen LogP contribution in [0, 0.1) is 0 Å². The summed E-state index contributed by atoms with van der Waals surface area (Å²) in [7, 11) is -3.69. The number of benzene rings is 1. The molecule has 1 saturated heterocycles. The summed E-state index contributed by atoms with van der Waals surface area (Å²) in [5.74, 6) is 0. The van der Waals surface area contributed by atoms with Gasteiger partial charge >= 0.3 is 0 Å². The highest BCUT2D eigenvalue weighted by Crippen LogP contribution is 2.29. The van der Waals surface area contributed by atoms with Gasteiger partial charge < -0.3 is 10.5 Å². The van der Waals surface area contributed by atoms with Crippen molar-refractivity contribution < 1.29 is 13.2 Å². The Hall–Kier alpha value is -0.660. The Morgan fingerprint density at radius 1 is 1.55 bits per heavy atom. The lowest BCUT2D eigenvalue weighted by molar-refractivity contribution is 0.0957. The molecule has 1 aliphatic heterocycles.